The average molecular weight is 182 g/mol. The second-order valence-electron chi connectivity index (χ2n) is 2.54. The van der Waals surface area contributed by atoms with Crippen LogP contribution in [0.1, 0.15) is 5.69 Å². The summed E-state index contributed by atoms with van der Waals surface area (Å²) in [6.07, 6.45) is 1.41. The van der Waals surface area contributed by atoms with Crippen molar-refractivity contribution in [3.05, 3.63) is 18.0 Å². The largest absolute Gasteiger partial charge is 0.353 e. The molecule has 1 aromatic rings. The van der Waals surface area contributed by atoms with Gasteiger partial charge >= 0.3 is 5.91 Å². The quantitative estimate of drug-likeness (QED) is 0.374. The smallest absolute Gasteiger partial charge is 0.306 e. The topological polar surface area (TPSA) is 111 Å². The second kappa shape index (κ2) is 2.38. The van der Waals surface area contributed by atoms with Crippen LogP contribution >= 0.6 is 0 Å². The zero-order valence-corrected chi connectivity index (χ0v) is 6.35. The molecule has 68 valence electrons. The summed E-state index contributed by atoms with van der Waals surface area (Å²) in [5.74, 6) is -3.55. The molecule has 0 spiro atoms. The standard InChI is InChI=1S/C6H6N4O3/c11-5-6(12,13)4(9-10-5)3-1-2-7-8-3/h1-2,12-13H,(H,7,8)(H,10,11). The molecule has 0 saturated carbocycles. The second-order valence-corrected chi connectivity index (χ2v) is 2.54. The lowest BCUT2D eigenvalue weighted by Gasteiger charge is -2.11. The van der Waals surface area contributed by atoms with E-state index in [1.807, 2.05) is 5.43 Å². The highest BCUT2D eigenvalue weighted by molar-refractivity contribution is 6.20. The molecule has 13 heavy (non-hydrogen) atoms. The predicted octanol–water partition coefficient (Wildman–Crippen LogP) is -2.08. The van der Waals surface area contributed by atoms with Crippen molar-refractivity contribution < 1.29 is 15.0 Å². The van der Waals surface area contributed by atoms with Gasteiger partial charge in [0.15, 0.2) is 5.71 Å². The number of hydrazone groups is 1. The normalized spacial score (nSPS) is 19.8. The van der Waals surface area contributed by atoms with E-state index < -0.39 is 11.7 Å². The van der Waals surface area contributed by atoms with Gasteiger partial charge in [-0.05, 0) is 6.07 Å². The van der Waals surface area contributed by atoms with Crippen LogP contribution in [-0.4, -0.2) is 37.8 Å². The number of nitrogens with one attached hydrogen (secondary N) is 2. The van der Waals surface area contributed by atoms with Crippen LogP contribution in [-0.2, 0) is 4.79 Å². The van der Waals surface area contributed by atoms with Crippen molar-refractivity contribution in [2.45, 2.75) is 5.79 Å². The summed E-state index contributed by atoms with van der Waals surface area (Å²) in [5, 5.41) is 28.0. The van der Waals surface area contributed by atoms with E-state index in [1.54, 1.807) is 0 Å². The first-order valence-electron chi connectivity index (χ1n) is 3.45. The van der Waals surface area contributed by atoms with Gasteiger partial charge in [0.25, 0.3) is 5.79 Å². The third-order valence-corrected chi connectivity index (χ3v) is 1.67. The third-order valence-electron chi connectivity index (χ3n) is 1.67. The first-order valence-corrected chi connectivity index (χ1v) is 3.45. The average Bonchev–Trinajstić information content (AvgIpc) is 2.62. The Labute approximate surface area is 72.1 Å². The summed E-state index contributed by atoms with van der Waals surface area (Å²) < 4.78 is 0. The Balaban J connectivity index is 2.42. The molecule has 0 radical (unpaired) electrons. The molecule has 7 nitrogen and oxygen atoms in total. The van der Waals surface area contributed by atoms with Crippen molar-refractivity contribution in [2.75, 3.05) is 0 Å². The number of aromatic nitrogens is 2. The van der Waals surface area contributed by atoms with Gasteiger partial charge in [0.2, 0.25) is 0 Å². The molecule has 4 N–H and O–H groups in total. The molecule has 0 unspecified atom stereocenters. The fourth-order valence-electron chi connectivity index (χ4n) is 1.01. The summed E-state index contributed by atoms with van der Waals surface area (Å²) in [6.45, 7) is 0. The Kier molecular flexibility index (Phi) is 1.44. The number of H-pyrrole nitrogens is 1. The van der Waals surface area contributed by atoms with Gasteiger partial charge < -0.3 is 10.2 Å². The van der Waals surface area contributed by atoms with Crippen LogP contribution in [0.3, 0.4) is 0 Å². The highest BCUT2D eigenvalue weighted by atomic mass is 16.5. The minimum Gasteiger partial charge on any atom is -0.353 e. The van der Waals surface area contributed by atoms with Gasteiger partial charge in [0.05, 0.1) is 5.69 Å². The summed E-state index contributed by atoms with van der Waals surface area (Å²) in [6, 6.07) is 1.47. The van der Waals surface area contributed by atoms with E-state index in [-0.39, 0.29) is 11.4 Å². The summed E-state index contributed by atoms with van der Waals surface area (Å²) in [5.41, 5.74) is 2.05. The van der Waals surface area contributed by atoms with E-state index in [0.717, 1.165) is 0 Å². The number of carbonyl (C=O) groups is 1. The number of amides is 1. The van der Waals surface area contributed by atoms with Crippen LogP contribution in [0, 0.1) is 0 Å². The van der Waals surface area contributed by atoms with Crippen LogP contribution in [0.25, 0.3) is 0 Å². The zero-order valence-electron chi connectivity index (χ0n) is 6.35. The Hall–Kier alpha value is -1.73. The van der Waals surface area contributed by atoms with E-state index >= 15 is 0 Å². The van der Waals surface area contributed by atoms with Gasteiger partial charge in [-0.3, -0.25) is 9.89 Å². The maximum atomic E-state index is 10.8. The van der Waals surface area contributed by atoms with E-state index in [1.165, 1.54) is 12.3 Å². The van der Waals surface area contributed by atoms with Gasteiger partial charge in [-0.2, -0.15) is 10.2 Å². The van der Waals surface area contributed by atoms with Crippen molar-refractivity contribution in [1.82, 2.24) is 15.6 Å². The molecule has 2 rings (SSSR count). The molecule has 1 aliphatic rings. The maximum Gasteiger partial charge on any atom is 0.306 e. The minimum atomic E-state index is -2.58. The van der Waals surface area contributed by atoms with E-state index in [0.29, 0.717) is 0 Å². The molecular formula is C6H6N4O3. The van der Waals surface area contributed by atoms with E-state index in [9.17, 15) is 15.0 Å². The van der Waals surface area contributed by atoms with Crippen molar-refractivity contribution in [3.63, 3.8) is 0 Å². The maximum absolute atomic E-state index is 10.8. The van der Waals surface area contributed by atoms with Gasteiger partial charge in [-0.25, -0.2) is 5.43 Å². The highest BCUT2D eigenvalue weighted by Crippen LogP contribution is 2.14. The Morgan fingerprint density at radius 3 is 2.69 bits per heavy atom. The fraction of sp³-hybridized carbons (Fsp3) is 0.167. The molecule has 1 amide bonds. The number of hydrogen-bond acceptors (Lipinski definition) is 5. The van der Waals surface area contributed by atoms with Crippen molar-refractivity contribution in [3.8, 4) is 0 Å². The van der Waals surface area contributed by atoms with Gasteiger partial charge in [0, 0.05) is 6.20 Å². The van der Waals surface area contributed by atoms with E-state index in [4.69, 9.17) is 0 Å². The zero-order chi connectivity index (χ0) is 9.47. The van der Waals surface area contributed by atoms with Crippen LogP contribution in [0.4, 0.5) is 0 Å². The number of hydrogen-bond donors (Lipinski definition) is 4. The predicted molar refractivity (Wildman–Crippen MR) is 40.4 cm³/mol. The number of carbonyl (C=O) groups excluding carboxylic acids is 1. The monoisotopic (exact) mass is 182 g/mol. The number of nitrogens with zero attached hydrogens (tertiary/aromatic N) is 2. The lowest BCUT2D eigenvalue weighted by atomic mass is 10.1. The van der Waals surface area contributed by atoms with Crippen LogP contribution in [0.5, 0.6) is 0 Å². The third kappa shape index (κ3) is 1.02. The lowest BCUT2D eigenvalue weighted by Crippen LogP contribution is -2.45. The molecule has 7 heteroatoms. The number of rotatable bonds is 1. The summed E-state index contributed by atoms with van der Waals surface area (Å²) in [7, 11) is 0. The summed E-state index contributed by atoms with van der Waals surface area (Å²) in [4.78, 5) is 10.8. The first-order chi connectivity index (χ1) is 6.12. The van der Waals surface area contributed by atoms with Gasteiger partial charge in [-0.15, -0.1) is 0 Å². The molecule has 1 aromatic heterocycles. The number of aromatic amines is 1. The highest BCUT2D eigenvalue weighted by Gasteiger charge is 2.45. The Bertz CT molecular complexity index is 367. The SMILES string of the molecule is O=C1NN=C(c2ccn[nH]2)C1(O)O. The Morgan fingerprint density at radius 1 is 1.46 bits per heavy atom. The molecule has 1 aliphatic heterocycles. The molecule has 0 fully saturated rings. The molecule has 2 heterocycles. The van der Waals surface area contributed by atoms with Gasteiger partial charge in [-0.1, -0.05) is 0 Å². The molecule has 0 aliphatic carbocycles. The van der Waals surface area contributed by atoms with Crippen LogP contribution < -0.4 is 5.43 Å². The van der Waals surface area contributed by atoms with Crippen molar-refractivity contribution in [2.24, 2.45) is 5.10 Å². The van der Waals surface area contributed by atoms with Gasteiger partial charge in [0.1, 0.15) is 0 Å². The van der Waals surface area contributed by atoms with Crippen LogP contribution in [0.2, 0.25) is 0 Å². The fourth-order valence-corrected chi connectivity index (χ4v) is 1.01. The molecule has 0 bridgehead atoms. The number of aliphatic hydroxyl groups is 2. The first kappa shape index (κ1) is 7.90. The van der Waals surface area contributed by atoms with E-state index in [2.05, 4.69) is 15.3 Å². The van der Waals surface area contributed by atoms with Crippen LogP contribution in [0.15, 0.2) is 17.4 Å². The minimum absolute atomic E-state index is 0.185. The molecular weight excluding hydrogens is 176 g/mol. The molecule has 0 saturated heterocycles. The molecule has 0 aromatic carbocycles. The lowest BCUT2D eigenvalue weighted by molar-refractivity contribution is -0.158. The molecule has 0 atom stereocenters. The van der Waals surface area contributed by atoms with Crippen molar-refractivity contribution in [1.29, 1.82) is 0 Å². The van der Waals surface area contributed by atoms with Crippen molar-refractivity contribution >= 4 is 11.6 Å². The Morgan fingerprint density at radius 2 is 2.23 bits per heavy atom. The summed E-state index contributed by atoms with van der Waals surface area (Å²) >= 11 is 0.